The predicted molar refractivity (Wildman–Crippen MR) is 120 cm³/mol. The molecule has 1 aliphatic heterocycles. The minimum absolute atomic E-state index is 0.0968. The second-order valence-electron chi connectivity index (χ2n) is 6.99. The Kier molecular flexibility index (Phi) is 5.75. The zero-order valence-electron chi connectivity index (χ0n) is 17.3. The Morgan fingerprint density at radius 1 is 1.19 bits per heavy atom. The van der Waals surface area contributed by atoms with Gasteiger partial charge in [-0.1, -0.05) is 12.1 Å². The van der Waals surface area contributed by atoms with Gasteiger partial charge in [0.1, 0.15) is 28.5 Å². The lowest BCUT2D eigenvalue weighted by Gasteiger charge is -2.26. The van der Waals surface area contributed by atoms with Gasteiger partial charge >= 0.3 is 0 Å². The summed E-state index contributed by atoms with van der Waals surface area (Å²) in [4.78, 5) is 30.0. The lowest BCUT2D eigenvalue weighted by atomic mass is 10.1. The number of nitrogens with one attached hydrogen (secondary N) is 1. The molecule has 0 spiro atoms. The minimum Gasteiger partial charge on any atom is -0.508 e. The van der Waals surface area contributed by atoms with Crippen LogP contribution in [0.2, 0.25) is 0 Å². The third-order valence-electron chi connectivity index (χ3n) is 5.03. The van der Waals surface area contributed by atoms with Gasteiger partial charge in [-0.25, -0.2) is 9.99 Å². The molecule has 1 saturated heterocycles. The molecule has 1 aromatic heterocycles. The van der Waals surface area contributed by atoms with Crippen molar-refractivity contribution in [2.45, 2.75) is 5.37 Å². The molecule has 0 radical (unpaired) electrons. The quantitative estimate of drug-likeness (QED) is 0.610. The molecule has 1 aliphatic rings. The predicted octanol–water partition coefficient (Wildman–Crippen LogP) is 2.63. The van der Waals surface area contributed by atoms with Crippen LogP contribution in [-0.2, 0) is 11.8 Å². The Balaban J connectivity index is 1.75. The molecule has 1 unspecified atom stereocenters. The molecule has 2 N–H and O–H groups in total. The van der Waals surface area contributed by atoms with Crippen molar-refractivity contribution in [3.8, 4) is 28.8 Å². The summed E-state index contributed by atoms with van der Waals surface area (Å²) < 4.78 is 6.37. The number of rotatable bonds is 5. The molecule has 0 saturated carbocycles. The van der Waals surface area contributed by atoms with Gasteiger partial charge in [0, 0.05) is 12.6 Å². The molecule has 3 aromatic rings. The summed E-state index contributed by atoms with van der Waals surface area (Å²) in [5.41, 5.74) is 3.92. The van der Waals surface area contributed by atoms with Gasteiger partial charge in [-0.2, -0.15) is 5.26 Å². The van der Waals surface area contributed by atoms with E-state index < -0.39 is 5.56 Å². The second kappa shape index (κ2) is 8.64. The molecule has 1 amide bonds. The van der Waals surface area contributed by atoms with E-state index in [1.165, 1.54) is 28.4 Å². The number of carbonyl (C=O) groups excluding carboxylic acids is 1. The highest BCUT2D eigenvalue weighted by molar-refractivity contribution is 8.00. The van der Waals surface area contributed by atoms with Crippen molar-refractivity contribution in [3.63, 3.8) is 0 Å². The SMILES string of the molecule is COc1ccc(-c2nc(NN3C(=O)CSC3c3ccc(O)cc3)n(C)c(=O)c2C#N)cc1. The van der Waals surface area contributed by atoms with Crippen LogP contribution in [0.5, 0.6) is 11.5 Å². The number of phenolic OH excluding ortho intramolecular Hbond substituents is 1. The fraction of sp³-hybridized carbons (Fsp3) is 0.182. The van der Waals surface area contributed by atoms with Crippen molar-refractivity contribution in [2.24, 2.45) is 7.05 Å². The van der Waals surface area contributed by atoms with E-state index in [1.807, 2.05) is 6.07 Å². The number of amides is 1. The van der Waals surface area contributed by atoms with Crippen molar-refractivity contribution in [1.82, 2.24) is 14.6 Å². The standard InChI is InChI=1S/C22H19N5O4S/c1-26-20(30)17(11-23)19(13-5-9-16(31-2)10-6-13)24-22(26)25-27-18(29)12-32-21(27)14-3-7-15(28)8-4-14/h3-10,21,28H,12H2,1-2H3,(H,24,25). The van der Waals surface area contributed by atoms with Gasteiger partial charge in [0.25, 0.3) is 11.5 Å². The molecule has 2 aromatic carbocycles. The number of aromatic hydroxyl groups is 1. The number of hydrazine groups is 1. The monoisotopic (exact) mass is 449 g/mol. The van der Waals surface area contributed by atoms with E-state index in [-0.39, 0.29) is 40.0 Å². The number of methoxy groups -OCH3 is 1. The van der Waals surface area contributed by atoms with Crippen LogP contribution in [0, 0.1) is 11.3 Å². The third kappa shape index (κ3) is 3.86. The molecular formula is C22H19N5O4S. The first-order valence-corrected chi connectivity index (χ1v) is 10.6. The molecule has 162 valence electrons. The zero-order valence-corrected chi connectivity index (χ0v) is 18.1. The van der Waals surface area contributed by atoms with Gasteiger partial charge in [0.05, 0.1) is 18.6 Å². The summed E-state index contributed by atoms with van der Waals surface area (Å²) in [5.74, 6) is 0.944. The number of carbonyl (C=O) groups is 1. The van der Waals surface area contributed by atoms with Gasteiger partial charge in [0.2, 0.25) is 5.95 Å². The van der Waals surface area contributed by atoms with E-state index in [2.05, 4.69) is 10.4 Å². The van der Waals surface area contributed by atoms with E-state index in [9.17, 15) is 20.0 Å². The number of anilines is 1. The number of aromatic nitrogens is 2. The van der Waals surface area contributed by atoms with Gasteiger partial charge in [-0.15, -0.1) is 11.8 Å². The number of benzene rings is 2. The summed E-state index contributed by atoms with van der Waals surface area (Å²) in [6.45, 7) is 0. The van der Waals surface area contributed by atoms with Crippen LogP contribution in [0.4, 0.5) is 5.95 Å². The van der Waals surface area contributed by atoms with Crippen molar-refractivity contribution in [2.75, 3.05) is 18.3 Å². The average molecular weight is 449 g/mol. The number of hydrogen-bond donors (Lipinski definition) is 2. The highest BCUT2D eigenvalue weighted by Gasteiger charge is 2.34. The van der Waals surface area contributed by atoms with Crippen molar-refractivity contribution < 1.29 is 14.6 Å². The molecule has 0 aliphatic carbocycles. The second-order valence-corrected chi connectivity index (χ2v) is 8.06. The number of phenols is 1. The molecule has 1 fully saturated rings. The van der Waals surface area contributed by atoms with Gasteiger partial charge < -0.3 is 9.84 Å². The van der Waals surface area contributed by atoms with Crippen LogP contribution < -0.4 is 15.7 Å². The highest BCUT2D eigenvalue weighted by Crippen LogP contribution is 2.39. The largest absolute Gasteiger partial charge is 0.508 e. The number of nitrogens with zero attached hydrogens (tertiary/aromatic N) is 4. The maximum absolute atomic E-state index is 12.9. The Labute approximate surface area is 187 Å². The molecule has 2 heterocycles. The molecule has 10 heteroatoms. The molecule has 1 atom stereocenters. The van der Waals surface area contributed by atoms with Crippen LogP contribution in [0.25, 0.3) is 11.3 Å². The Hall–Kier alpha value is -3.97. The minimum atomic E-state index is -0.531. The van der Waals surface area contributed by atoms with Gasteiger partial charge in [0.15, 0.2) is 0 Å². The molecule has 4 rings (SSSR count). The van der Waals surface area contributed by atoms with E-state index in [1.54, 1.807) is 55.6 Å². The fourth-order valence-electron chi connectivity index (χ4n) is 3.30. The summed E-state index contributed by atoms with van der Waals surface area (Å²) in [6.07, 6.45) is 0. The lowest BCUT2D eigenvalue weighted by Crippen LogP contribution is -2.37. The number of ether oxygens (including phenoxy) is 1. The Bertz CT molecular complexity index is 1270. The molecule has 32 heavy (non-hydrogen) atoms. The maximum Gasteiger partial charge on any atom is 0.273 e. The number of hydrogen-bond acceptors (Lipinski definition) is 8. The summed E-state index contributed by atoms with van der Waals surface area (Å²) >= 11 is 1.41. The van der Waals surface area contributed by atoms with E-state index in [0.717, 1.165) is 5.56 Å². The zero-order chi connectivity index (χ0) is 22.8. The van der Waals surface area contributed by atoms with Crippen molar-refractivity contribution in [1.29, 1.82) is 5.26 Å². The summed E-state index contributed by atoms with van der Waals surface area (Å²) in [6, 6.07) is 15.3. The van der Waals surface area contributed by atoms with Crippen molar-refractivity contribution >= 4 is 23.6 Å². The smallest absolute Gasteiger partial charge is 0.273 e. The molecule has 9 nitrogen and oxygen atoms in total. The van der Waals surface area contributed by atoms with Gasteiger partial charge in [-0.3, -0.25) is 19.6 Å². The van der Waals surface area contributed by atoms with Crippen LogP contribution in [-0.4, -0.2) is 38.4 Å². The first-order valence-electron chi connectivity index (χ1n) is 9.57. The van der Waals surface area contributed by atoms with E-state index in [4.69, 9.17) is 4.74 Å². The topological polar surface area (TPSA) is 120 Å². The lowest BCUT2D eigenvalue weighted by molar-refractivity contribution is -0.126. The number of thioether (sulfide) groups is 1. The van der Waals surface area contributed by atoms with Crippen LogP contribution >= 0.6 is 11.8 Å². The number of nitriles is 1. The highest BCUT2D eigenvalue weighted by atomic mass is 32.2. The van der Waals surface area contributed by atoms with Crippen molar-refractivity contribution in [3.05, 3.63) is 70.0 Å². The van der Waals surface area contributed by atoms with Crippen LogP contribution in [0.3, 0.4) is 0 Å². The van der Waals surface area contributed by atoms with Crippen LogP contribution in [0.1, 0.15) is 16.5 Å². The first kappa shape index (κ1) is 21.3. The Morgan fingerprint density at radius 3 is 2.50 bits per heavy atom. The van der Waals surface area contributed by atoms with E-state index in [0.29, 0.717) is 11.3 Å². The third-order valence-corrected chi connectivity index (χ3v) is 6.24. The Morgan fingerprint density at radius 2 is 1.88 bits per heavy atom. The van der Waals surface area contributed by atoms with Gasteiger partial charge in [-0.05, 0) is 42.0 Å². The summed E-state index contributed by atoms with van der Waals surface area (Å²) in [7, 11) is 3.03. The first-order chi connectivity index (χ1) is 15.4. The molecular weight excluding hydrogens is 430 g/mol. The maximum atomic E-state index is 12.9. The molecule has 0 bridgehead atoms. The average Bonchev–Trinajstić information content (AvgIpc) is 3.17. The normalized spacial score (nSPS) is 15.5. The van der Waals surface area contributed by atoms with Crippen LogP contribution in [0.15, 0.2) is 53.3 Å². The fourth-order valence-corrected chi connectivity index (χ4v) is 4.41. The van der Waals surface area contributed by atoms with E-state index >= 15 is 0 Å². The summed E-state index contributed by atoms with van der Waals surface area (Å²) in [5, 5.41) is 20.2.